The number of unbranched alkanes of at least 4 members (excludes halogenated alkanes) is 4. The maximum absolute atomic E-state index is 9.15. The number of hydrogen-bond acceptors (Lipinski definition) is 3. The molecule has 0 amide bonds. The first-order chi connectivity index (χ1) is 8.74. The number of nitriles is 1. The molecule has 0 saturated heterocycles. The minimum Gasteiger partial charge on any atom is -0.444 e. The summed E-state index contributed by atoms with van der Waals surface area (Å²) in [6.45, 7) is 4.36. The zero-order valence-corrected chi connectivity index (χ0v) is 11.6. The Kier molecular flexibility index (Phi) is 6.35. The molecule has 0 aliphatic rings. The molecule has 1 rings (SSSR count). The molecule has 0 spiro atoms. The van der Waals surface area contributed by atoms with Crippen LogP contribution in [0.25, 0.3) is 0 Å². The van der Waals surface area contributed by atoms with Gasteiger partial charge in [0.2, 0.25) is 5.88 Å². The van der Waals surface area contributed by atoms with Gasteiger partial charge in [0.25, 0.3) is 0 Å². The van der Waals surface area contributed by atoms with E-state index in [1.54, 1.807) is 0 Å². The van der Waals surface area contributed by atoms with E-state index < -0.39 is 0 Å². The Balaban J connectivity index is 2.77. The fraction of sp³-hybridized carbons (Fsp3) is 0.667. The van der Waals surface area contributed by atoms with Gasteiger partial charge >= 0.3 is 0 Å². The smallest absolute Gasteiger partial charge is 0.208 e. The maximum atomic E-state index is 9.15. The number of nitrogens with zero attached hydrogens (tertiary/aromatic N) is 1. The molecule has 0 aliphatic carbocycles. The van der Waals surface area contributed by atoms with Crippen LogP contribution in [0.1, 0.15) is 69.3 Å². The topological polar surface area (TPSA) is 62.9 Å². The van der Waals surface area contributed by atoms with Crippen molar-refractivity contribution in [3.05, 3.63) is 16.9 Å². The molecule has 1 aromatic rings. The van der Waals surface area contributed by atoms with Crippen LogP contribution >= 0.6 is 0 Å². The fourth-order valence-corrected chi connectivity index (χ4v) is 2.21. The Morgan fingerprint density at radius 1 is 1.06 bits per heavy atom. The van der Waals surface area contributed by atoms with E-state index in [0.29, 0.717) is 11.4 Å². The quantitative estimate of drug-likeness (QED) is 0.701. The van der Waals surface area contributed by atoms with Crippen molar-refractivity contribution in [3.8, 4) is 6.07 Å². The van der Waals surface area contributed by atoms with Gasteiger partial charge in [-0.1, -0.05) is 39.5 Å². The van der Waals surface area contributed by atoms with Gasteiger partial charge in [-0.15, -0.1) is 0 Å². The van der Waals surface area contributed by atoms with Gasteiger partial charge in [0.1, 0.15) is 17.4 Å². The largest absolute Gasteiger partial charge is 0.444 e. The van der Waals surface area contributed by atoms with Crippen LogP contribution < -0.4 is 5.73 Å². The van der Waals surface area contributed by atoms with Gasteiger partial charge < -0.3 is 10.2 Å². The van der Waals surface area contributed by atoms with Crippen LogP contribution in [-0.2, 0) is 12.8 Å². The van der Waals surface area contributed by atoms with E-state index in [4.69, 9.17) is 15.4 Å². The fourth-order valence-electron chi connectivity index (χ4n) is 2.21. The summed E-state index contributed by atoms with van der Waals surface area (Å²) in [5.41, 5.74) is 7.39. The average Bonchev–Trinajstić information content (AvgIpc) is 2.66. The van der Waals surface area contributed by atoms with E-state index in [1.165, 1.54) is 25.7 Å². The van der Waals surface area contributed by atoms with Crippen LogP contribution in [0.2, 0.25) is 0 Å². The Morgan fingerprint density at radius 3 is 2.22 bits per heavy atom. The van der Waals surface area contributed by atoms with Crippen LogP contribution in [0.4, 0.5) is 5.88 Å². The standard InChI is InChI=1S/C15H24N2O/c1-3-5-7-9-12-13(11-16)15(17)18-14(12)10-8-6-4-2/h3-10,17H2,1-2H3. The highest BCUT2D eigenvalue weighted by molar-refractivity contribution is 5.54. The van der Waals surface area contributed by atoms with E-state index in [1.807, 2.05) is 0 Å². The second-order valence-electron chi connectivity index (χ2n) is 4.77. The number of anilines is 1. The Morgan fingerprint density at radius 2 is 1.67 bits per heavy atom. The zero-order valence-electron chi connectivity index (χ0n) is 11.6. The Bertz CT molecular complexity index is 401. The number of rotatable bonds is 8. The molecule has 0 atom stereocenters. The van der Waals surface area contributed by atoms with Crippen LogP contribution in [0, 0.1) is 11.3 Å². The first-order valence-corrected chi connectivity index (χ1v) is 7.04. The third kappa shape index (κ3) is 3.80. The van der Waals surface area contributed by atoms with E-state index >= 15 is 0 Å². The summed E-state index contributed by atoms with van der Waals surface area (Å²) in [6, 6.07) is 2.18. The number of nitrogen functional groups attached to an aromatic ring is 1. The highest BCUT2D eigenvalue weighted by atomic mass is 16.4. The highest BCUT2D eigenvalue weighted by Gasteiger charge is 2.17. The summed E-state index contributed by atoms with van der Waals surface area (Å²) in [5, 5.41) is 9.15. The van der Waals surface area contributed by atoms with Crippen molar-refractivity contribution in [2.75, 3.05) is 5.73 Å². The van der Waals surface area contributed by atoms with Crippen LogP contribution in [0.15, 0.2) is 4.42 Å². The van der Waals surface area contributed by atoms with Gasteiger partial charge in [-0.25, -0.2) is 0 Å². The Labute approximate surface area is 110 Å². The van der Waals surface area contributed by atoms with Gasteiger partial charge in [-0.2, -0.15) is 5.26 Å². The molecule has 3 nitrogen and oxygen atoms in total. The second kappa shape index (κ2) is 7.81. The predicted molar refractivity (Wildman–Crippen MR) is 74.3 cm³/mol. The van der Waals surface area contributed by atoms with Crippen molar-refractivity contribution in [2.45, 2.75) is 65.2 Å². The second-order valence-corrected chi connectivity index (χ2v) is 4.77. The lowest BCUT2D eigenvalue weighted by Crippen LogP contribution is -1.94. The Hall–Kier alpha value is -1.43. The molecule has 0 unspecified atom stereocenters. The number of hydrogen-bond donors (Lipinski definition) is 1. The van der Waals surface area contributed by atoms with Crippen LogP contribution in [0.3, 0.4) is 0 Å². The molecule has 0 bridgehead atoms. The summed E-state index contributed by atoms with van der Waals surface area (Å²) in [7, 11) is 0. The van der Waals surface area contributed by atoms with Crippen molar-refractivity contribution >= 4 is 5.88 Å². The van der Waals surface area contributed by atoms with Crippen LogP contribution in [-0.4, -0.2) is 0 Å². The summed E-state index contributed by atoms with van der Waals surface area (Å²) in [6.07, 6.45) is 8.77. The minimum atomic E-state index is 0.301. The molecular formula is C15H24N2O. The summed E-state index contributed by atoms with van der Waals surface area (Å²) < 4.78 is 5.57. The van der Waals surface area contributed by atoms with E-state index in [0.717, 1.165) is 37.0 Å². The first kappa shape index (κ1) is 14.6. The van der Waals surface area contributed by atoms with Crippen molar-refractivity contribution in [1.29, 1.82) is 5.26 Å². The van der Waals surface area contributed by atoms with Gasteiger partial charge in [0, 0.05) is 12.0 Å². The third-order valence-corrected chi connectivity index (χ3v) is 3.27. The number of nitrogens with two attached hydrogens (primary N) is 1. The van der Waals surface area contributed by atoms with Crippen molar-refractivity contribution in [3.63, 3.8) is 0 Å². The molecule has 100 valence electrons. The van der Waals surface area contributed by atoms with Gasteiger partial charge in [-0.05, 0) is 19.3 Å². The van der Waals surface area contributed by atoms with Gasteiger partial charge in [0.05, 0.1) is 0 Å². The molecule has 0 saturated carbocycles. The molecule has 0 radical (unpaired) electrons. The molecule has 1 aromatic heterocycles. The summed E-state index contributed by atoms with van der Waals surface area (Å²) >= 11 is 0. The molecule has 1 heterocycles. The third-order valence-electron chi connectivity index (χ3n) is 3.27. The average molecular weight is 248 g/mol. The summed E-state index contributed by atoms with van der Waals surface area (Å²) in [5.74, 6) is 1.24. The zero-order chi connectivity index (χ0) is 13.4. The predicted octanol–water partition coefficient (Wildman–Crippen LogP) is 4.20. The molecule has 2 N–H and O–H groups in total. The van der Waals surface area contributed by atoms with E-state index in [-0.39, 0.29) is 0 Å². The van der Waals surface area contributed by atoms with Gasteiger partial charge in [0.15, 0.2) is 0 Å². The van der Waals surface area contributed by atoms with Gasteiger partial charge in [-0.3, -0.25) is 0 Å². The SMILES string of the molecule is CCCCCc1oc(N)c(C#N)c1CCCCC. The van der Waals surface area contributed by atoms with Crippen LogP contribution in [0.5, 0.6) is 0 Å². The number of aryl methyl sites for hydroxylation is 1. The monoisotopic (exact) mass is 248 g/mol. The number of furan rings is 1. The van der Waals surface area contributed by atoms with E-state index in [2.05, 4.69) is 19.9 Å². The summed E-state index contributed by atoms with van der Waals surface area (Å²) in [4.78, 5) is 0. The van der Waals surface area contributed by atoms with E-state index in [9.17, 15) is 0 Å². The highest BCUT2D eigenvalue weighted by Crippen LogP contribution is 2.27. The molecule has 0 fully saturated rings. The van der Waals surface area contributed by atoms with Crippen molar-refractivity contribution < 1.29 is 4.42 Å². The molecular weight excluding hydrogens is 224 g/mol. The lowest BCUT2D eigenvalue weighted by molar-refractivity contribution is 0.505. The molecule has 3 heteroatoms. The molecule has 0 aromatic carbocycles. The first-order valence-electron chi connectivity index (χ1n) is 7.04. The van der Waals surface area contributed by atoms with Crippen molar-refractivity contribution in [2.24, 2.45) is 0 Å². The molecule has 0 aliphatic heterocycles. The maximum Gasteiger partial charge on any atom is 0.208 e. The minimum absolute atomic E-state index is 0.301. The lowest BCUT2D eigenvalue weighted by atomic mass is 10.0. The lowest BCUT2D eigenvalue weighted by Gasteiger charge is -2.02. The molecule has 18 heavy (non-hydrogen) atoms. The normalized spacial score (nSPS) is 10.5. The van der Waals surface area contributed by atoms with Crippen molar-refractivity contribution in [1.82, 2.24) is 0 Å².